The van der Waals surface area contributed by atoms with Gasteiger partial charge in [0.1, 0.15) is 17.6 Å². The minimum Gasteiger partial charge on any atom is -0.483 e. The Morgan fingerprint density at radius 1 is 0.930 bits per heavy atom. The Kier molecular flexibility index (Phi) is 11.6. The number of amides is 6. The standard InChI is InChI=1S/C40H41N9O7S/c1-24-22-42-40(46-36(24)43-26-5-2-6-28(57)21-26)44-25-10-12-27(13-11-25)47-17-19-48(20-18-47)34(52)9-4-16-41-33(51)23-56-31-8-3-7-29-35(31)39(55)49(38(29)54)30-14-15-32(50)45-37(30)53/h2-3,5-8,10-13,21-22,30,57H,4,9,14-20,23H2,1H3,(H,41,51)(H,45,50,53)(H2,42,43,44,46). The Labute approximate surface area is 333 Å². The van der Waals surface area contributed by atoms with Crippen molar-refractivity contribution < 1.29 is 33.5 Å². The van der Waals surface area contributed by atoms with Crippen LogP contribution in [0.2, 0.25) is 0 Å². The number of fused-ring (bicyclic) bond motifs is 1. The Morgan fingerprint density at radius 2 is 1.70 bits per heavy atom. The quantitative estimate of drug-likeness (QED) is 0.0752. The number of anilines is 5. The molecule has 16 nitrogen and oxygen atoms in total. The van der Waals surface area contributed by atoms with Crippen LogP contribution in [0.25, 0.3) is 0 Å². The fourth-order valence-electron chi connectivity index (χ4n) is 6.87. The lowest BCUT2D eigenvalue weighted by Gasteiger charge is -2.36. The molecule has 2 saturated heterocycles. The number of carbonyl (C=O) groups is 6. The molecule has 4 N–H and O–H groups in total. The van der Waals surface area contributed by atoms with E-state index < -0.39 is 42.2 Å². The van der Waals surface area contributed by atoms with Crippen LogP contribution in [0.4, 0.5) is 28.8 Å². The summed E-state index contributed by atoms with van der Waals surface area (Å²) in [5.74, 6) is -1.82. The average Bonchev–Trinajstić information content (AvgIpc) is 3.46. The number of benzene rings is 3. The van der Waals surface area contributed by atoms with Crippen LogP contribution in [0.3, 0.4) is 0 Å². The molecule has 0 bridgehead atoms. The fourth-order valence-corrected chi connectivity index (χ4v) is 7.10. The first-order valence-electron chi connectivity index (χ1n) is 18.6. The molecule has 3 aliphatic rings. The molecule has 0 radical (unpaired) electrons. The minimum atomic E-state index is -1.11. The predicted octanol–water partition coefficient (Wildman–Crippen LogP) is 3.59. The summed E-state index contributed by atoms with van der Waals surface area (Å²) in [6, 6.07) is 19.0. The zero-order chi connectivity index (χ0) is 40.1. The number of ether oxygens (including phenoxy) is 1. The highest BCUT2D eigenvalue weighted by atomic mass is 32.1. The van der Waals surface area contributed by atoms with Crippen LogP contribution >= 0.6 is 12.6 Å². The van der Waals surface area contributed by atoms with Crippen LogP contribution in [0, 0.1) is 6.92 Å². The lowest BCUT2D eigenvalue weighted by Crippen LogP contribution is -2.54. The predicted molar refractivity (Wildman–Crippen MR) is 213 cm³/mol. The highest BCUT2D eigenvalue weighted by molar-refractivity contribution is 7.80. The summed E-state index contributed by atoms with van der Waals surface area (Å²) in [7, 11) is 0. The summed E-state index contributed by atoms with van der Waals surface area (Å²) in [4.78, 5) is 90.6. The molecular weight excluding hydrogens is 751 g/mol. The number of aryl methyl sites for hydroxylation is 1. The van der Waals surface area contributed by atoms with Crippen molar-refractivity contribution in [1.29, 1.82) is 0 Å². The number of rotatable bonds is 13. The molecule has 294 valence electrons. The van der Waals surface area contributed by atoms with Crippen molar-refractivity contribution in [3.8, 4) is 5.75 Å². The van der Waals surface area contributed by atoms with Crippen molar-refractivity contribution in [2.24, 2.45) is 0 Å². The number of piperazine rings is 1. The number of thiol groups is 1. The molecule has 2 fully saturated rings. The molecule has 1 aromatic heterocycles. The number of hydrogen-bond acceptors (Lipinski definition) is 13. The normalized spacial score (nSPS) is 16.6. The summed E-state index contributed by atoms with van der Waals surface area (Å²) < 4.78 is 5.63. The zero-order valence-electron chi connectivity index (χ0n) is 31.1. The first-order valence-corrected chi connectivity index (χ1v) is 19.0. The number of nitrogens with one attached hydrogen (secondary N) is 4. The first-order chi connectivity index (χ1) is 27.5. The van der Waals surface area contributed by atoms with Gasteiger partial charge in [0, 0.05) is 79.3 Å². The van der Waals surface area contributed by atoms with Crippen molar-refractivity contribution in [3.63, 3.8) is 0 Å². The molecule has 4 aromatic rings. The van der Waals surface area contributed by atoms with Gasteiger partial charge in [-0.1, -0.05) is 12.1 Å². The second-order valence-corrected chi connectivity index (χ2v) is 14.3. The van der Waals surface area contributed by atoms with Gasteiger partial charge in [0.05, 0.1) is 11.1 Å². The molecule has 7 rings (SSSR count). The topological polar surface area (TPSA) is 195 Å². The number of hydrogen-bond donors (Lipinski definition) is 5. The number of imide groups is 2. The molecular formula is C40H41N9O7S. The van der Waals surface area contributed by atoms with Gasteiger partial charge in [0.25, 0.3) is 17.7 Å². The van der Waals surface area contributed by atoms with Crippen molar-refractivity contribution in [1.82, 2.24) is 30.4 Å². The Bertz CT molecular complexity index is 2230. The molecule has 0 saturated carbocycles. The van der Waals surface area contributed by atoms with E-state index in [9.17, 15) is 28.8 Å². The highest BCUT2D eigenvalue weighted by Crippen LogP contribution is 2.34. The monoisotopic (exact) mass is 791 g/mol. The number of aromatic nitrogens is 2. The lowest BCUT2D eigenvalue weighted by atomic mass is 10.0. The van der Waals surface area contributed by atoms with Crippen molar-refractivity contribution in [2.75, 3.05) is 54.9 Å². The van der Waals surface area contributed by atoms with Gasteiger partial charge in [0.15, 0.2) is 6.61 Å². The SMILES string of the molecule is Cc1cnc(Nc2ccc(N3CCN(C(=O)CCCNC(=O)COc4cccc5c4C(=O)N(C4CCC(=O)NC4=O)C5=O)CC3)cc2)nc1Nc1cccc(S)c1. The zero-order valence-corrected chi connectivity index (χ0v) is 32.0. The molecule has 17 heteroatoms. The third kappa shape index (κ3) is 8.99. The summed E-state index contributed by atoms with van der Waals surface area (Å²) in [6.07, 6.45) is 2.49. The molecule has 1 atom stereocenters. The van der Waals surface area contributed by atoms with Crippen LogP contribution in [0.5, 0.6) is 5.75 Å². The van der Waals surface area contributed by atoms with E-state index in [4.69, 9.17) is 4.74 Å². The van der Waals surface area contributed by atoms with Crippen LogP contribution in [-0.4, -0.2) is 101 Å². The van der Waals surface area contributed by atoms with E-state index in [0.29, 0.717) is 44.4 Å². The average molecular weight is 792 g/mol. The second kappa shape index (κ2) is 17.1. The van der Waals surface area contributed by atoms with Crippen LogP contribution in [0.1, 0.15) is 52.0 Å². The molecule has 3 aliphatic heterocycles. The minimum absolute atomic E-state index is 0.00471. The second-order valence-electron chi connectivity index (χ2n) is 13.8. The van der Waals surface area contributed by atoms with E-state index in [1.165, 1.54) is 18.2 Å². The summed E-state index contributed by atoms with van der Waals surface area (Å²) in [5.41, 5.74) is 3.69. The van der Waals surface area contributed by atoms with Crippen LogP contribution in [-0.2, 0) is 19.2 Å². The van der Waals surface area contributed by atoms with E-state index in [1.54, 1.807) is 6.20 Å². The Balaban J connectivity index is 0.817. The molecule has 0 spiro atoms. The van der Waals surface area contributed by atoms with E-state index in [2.05, 4.69) is 48.8 Å². The van der Waals surface area contributed by atoms with Gasteiger partial charge in [-0.3, -0.25) is 39.0 Å². The number of nitrogens with zero attached hydrogens (tertiary/aromatic N) is 5. The Morgan fingerprint density at radius 3 is 2.46 bits per heavy atom. The lowest BCUT2D eigenvalue weighted by molar-refractivity contribution is -0.136. The fraction of sp³-hybridized carbons (Fsp3) is 0.300. The van der Waals surface area contributed by atoms with Crippen molar-refractivity contribution >= 4 is 76.9 Å². The number of carbonyl (C=O) groups excluding carboxylic acids is 6. The molecule has 6 amide bonds. The van der Waals surface area contributed by atoms with Gasteiger partial charge in [-0.2, -0.15) is 4.98 Å². The van der Waals surface area contributed by atoms with E-state index in [-0.39, 0.29) is 48.6 Å². The van der Waals surface area contributed by atoms with Gasteiger partial charge in [0.2, 0.25) is 23.7 Å². The molecule has 4 heterocycles. The summed E-state index contributed by atoms with van der Waals surface area (Å²) in [6.45, 7) is 4.27. The van der Waals surface area contributed by atoms with Gasteiger partial charge < -0.3 is 30.5 Å². The Hall–Kier alpha value is -6.49. The maximum Gasteiger partial charge on any atom is 0.266 e. The third-order valence-corrected chi connectivity index (χ3v) is 10.2. The van der Waals surface area contributed by atoms with E-state index >= 15 is 0 Å². The number of piperidine rings is 1. The van der Waals surface area contributed by atoms with Gasteiger partial charge >= 0.3 is 0 Å². The third-order valence-electron chi connectivity index (χ3n) is 9.88. The van der Waals surface area contributed by atoms with Crippen molar-refractivity contribution in [2.45, 2.75) is 43.5 Å². The van der Waals surface area contributed by atoms with Crippen molar-refractivity contribution in [3.05, 3.63) is 89.6 Å². The van der Waals surface area contributed by atoms with Gasteiger partial charge in [-0.05, 0) is 74.4 Å². The van der Waals surface area contributed by atoms with Crippen LogP contribution < -0.4 is 30.9 Å². The largest absolute Gasteiger partial charge is 0.483 e. The van der Waals surface area contributed by atoms with Crippen LogP contribution in [0.15, 0.2) is 77.8 Å². The maximum absolute atomic E-state index is 13.2. The molecule has 0 aliphatic carbocycles. The highest BCUT2D eigenvalue weighted by Gasteiger charge is 2.46. The first kappa shape index (κ1) is 38.8. The summed E-state index contributed by atoms with van der Waals surface area (Å²) >= 11 is 4.41. The molecule has 3 aromatic carbocycles. The van der Waals surface area contributed by atoms with E-state index in [1.807, 2.05) is 60.4 Å². The molecule has 57 heavy (non-hydrogen) atoms. The van der Waals surface area contributed by atoms with Gasteiger partial charge in [-0.15, -0.1) is 12.6 Å². The molecule has 1 unspecified atom stereocenters. The van der Waals surface area contributed by atoms with E-state index in [0.717, 1.165) is 32.4 Å². The summed E-state index contributed by atoms with van der Waals surface area (Å²) in [5, 5.41) is 11.5. The van der Waals surface area contributed by atoms with Gasteiger partial charge in [-0.25, -0.2) is 4.98 Å². The smallest absolute Gasteiger partial charge is 0.266 e. The maximum atomic E-state index is 13.2.